The van der Waals surface area contributed by atoms with Gasteiger partial charge in [-0.25, -0.2) is 0 Å². The van der Waals surface area contributed by atoms with Crippen LogP contribution in [0.15, 0.2) is 0 Å². The molecule has 0 atom stereocenters. The summed E-state index contributed by atoms with van der Waals surface area (Å²) in [6, 6.07) is 0. The maximum absolute atomic E-state index is 11.6. The van der Waals surface area contributed by atoms with Crippen LogP contribution in [0.4, 0.5) is 13.2 Å². The lowest BCUT2D eigenvalue weighted by Gasteiger charge is -2.07. The molecule has 0 spiro atoms. The van der Waals surface area contributed by atoms with Crippen molar-refractivity contribution in [3.63, 3.8) is 0 Å². The molecule has 80 valence electrons. The van der Waals surface area contributed by atoms with Crippen LogP contribution in [0.3, 0.4) is 0 Å². The highest BCUT2D eigenvalue weighted by molar-refractivity contribution is 4.55. The first kappa shape index (κ1) is 12.7. The zero-order valence-electron chi connectivity index (χ0n) is 7.88. The first-order valence-corrected chi connectivity index (χ1v) is 4.54. The van der Waals surface area contributed by atoms with Crippen LogP contribution in [-0.4, -0.2) is 32.4 Å². The molecule has 13 heavy (non-hydrogen) atoms. The Kier molecular flexibility index (Phi) is 6.99. The summed E-state index contributed by atoms with van der Waals surface area (Å²) >= 11 is 0. The van der Waals surface area contributed by atoms with Crippen LogP contribution >= 0.6 is 0 Å². The fraction of sp³-hybridized carbons (Fsp3) is 1.00. The topological polar surface area (TPSA) is 24.1 Å². The first-order chi connectivity index (χ1) is 6.06. The number of nitrogens with one attached hydrogen (secondary N) is 2. The van der Waals surface area contributed by atoms with Gasteiger partial charge >= 0.3 is 6.18 Å². The fourth-order valence-electron chi connectivity index (χ4n) is 0.870. The van der Waals surface area contributed by atoms with Gasteiger partial charge in [-0.05, 0) is 26.1 Å². The van der Waals surface area contributed by atoms with Gasteiger partial charge in [-0.2, -0.15) is 13.2 Å². The van der Waals surface area contributed by atoms with Gasteiger partial charge in [0.15, 0.2) is 0 Å². The molecule has 0 aromatic carbocycles. The van der Waals surface area contributed by atoms with Crippen LogP contribution in [0.1, 0.15) is 19.8 Å². The van der Waals surface area contributed by atoms with Crippen LogP contribution in [0.25, 0.3) is 0 Å². The molecule has 0 aliphatic carbocycles. The predicted molar refractivity (Wildman–Crippen MR) is 46.7 cm³/mol. The molecular formula is C8H17F3N2. The van der Waals surface area contributed by atoms with E-state index in [0.29, 0.717) is 6.54 Å². The lowest BCUT2D eigenvalue weighted by molar-refractivity contribution is -0.133. The number of hydrogen-bond donors (Lipinski definition) is 2. The molecule has 0 unspecified atom stereocenters. The Balaban J connectivity index is 3.00. The predicted octanol–water partition coefficient (Wildman–Crippen LogP) is 1.53. The second-order valence-corrected chi connectivity index (χ2v) is 2.82. The molecule has 0 bridgehead atoms. The molecule has 0 heterocycles. The third-order valence-corrected chi connectivity index (χ3v) is 1.54. The Morgan fingerprint density at radius 1 is 1.00 bits per heavy atom. The zero-order valence-corrected chi connectivity index (χ0v) is 7.88. The summed E-state index contributed by atoms with van der Waals surface area (Å²) in [7, 11) is 0. The Morgan fingerprint density at radius 2 is 1.62 bits per heavy atom. The molecule has 0 radical (unpaired) electrons. The Labute approximate surface area is 76.9 Å². The monoisotopic (exact) mass is 198 g/mol. The lowest BCUT2D eigenvalue weighted by atomic mass is 10.3. The van der Waals surface area contributed by atoms with Gasteiger partial charge in [-0.15, -0.1) is 0 Å². The molecule has 0 aliphatic heterocycles. The van der Waals surface area contributed by atoms with Crippen molar-refractivity contribution < 1.29 is 13.2 Å². The minimum absolute atomic E-state index is 0.0234. The molecule has 0 aromatic rings. The van der Waals surface area contributed by atoms with E-state index in [1.54, 1.807) is 0 Å². The van der Waals surface area contributed by atoms with E-state index in [2.05, 4.69) is 10.6 Å². The largest absolute Gasteiger partial charge is 0.390 e. The van der Waals surface area contributed by atoms with Gasteiger partial charge in [0.05, 0.1) is 6.42 Å². The van der Waals surface area contributed by atoms with Gasteiger partial charge in [0, 0.05) is 6.54 Å². The molecule has 2 nitrogen and oxygen atoms in total. The summed E-state index contributed by atoms with van der Waals surface area (Å²) in [5.74, 6) is 0. The van der Waals surface area contributed by atoms with E-state index in [1.807, 2.05) is 6.92 Å². The second-order valence-electron chi connectivity index (χ2n) is 2.82. The van der Waals surface area contributed by atoms with Crippen LogP contribution in [0.5, 0.6) is 0 Å². The fourth-order valence-corrected chi connectivity index (χ4v) is 0.870. The van der Waals surface area contributed by atoms with E-state index in [0.717, 1.165) is 19.5 Å². The Morgan fingerprint density at radius 3 is 2.15 bits per heavy atom. The van der Waals surface area contributed by atoms with Crippen molar-refractivity contribution in [3.8, 4) is 0 Å². The number of hydrogen-bond acceptors (Lipinski definition) is 2. The zero-order chi connectivity index (χ0) is 10.2. The smallest absolute Gasteiger partial charge is 0.317 e. The molecule has 5 heteroatoms. The van der Waals surface area contributed by atoms with E-state index >= 15 is 0 Å². The number of rotatable bonds is 7. The summed E-state index contributed by atoms with van der Waals surface area (Å²) < 4.78 is 34.9. The third-order valence-electron chi connectivity index (χ3n) is 1.54. The number of alkyl halides is 3. The van der Waals surface area contributed by atoms with Crippen molar-refractivity contribution >= 4 is 0 Å². The van der Waals surface area contributed by atoms with Gasteiger partial charge in [0.2, 0.25) is 0 Å². The second kappa shape index (κ2) is 7.15. The van der Waals surface area contributed by atoms with Crippen molar-refractivity contribution in [2.75, 3.05) is 26.2 Å². The van der Waals surface area contributed by atoms with E-state index in [1.165, 1.54) is 0 Å². The van der Waals surface area contributed by atoms with Crippen LogP contribution in [-0.2, 0) is 0 Å². The third kappa shape index (κ3) is 11.7. The molecular weight excluding hydrogens is 181 g/mol. The molecule has 0 saturated heterocycles. The van der Waals surface area contributed by atoms with Crippen molar-refractivity contribution in [1.82, 2.24) is 10.6 Å². The first-order valence-electron chi connectivity index (χ1n) is 4.54. The van der Waals surface area contributed by atoms with E-state index in [-0.39, 0.29) is 6.54 Å². The van der Waals surface area contributed by atoms with Crippen LogP contribution < -0.4 is 10.6 Å². The normalized spacial score (nSPS) is 12.0. The minimum Gasteiger partial charge on any atom is -0.317 e. The highest BCUT2D eigenvalue weighted by Gasteiger charge is 2.25. The number of halogens is 3. The van der Waals surface area contributed by atoms with Gasteiger partial charge in [-0.1, -0.05) is 6.92 Å². The summed E-state index contributed by atoms with van der Waals surface area (Å²) in [6.45, 7) is 4.42. The average molecular weight is 198 g/mol. The molecule has 0 amide bonds. The highest BCUT2D eigenvalue weighted by Crippen LogP contribution is 2.17. The van der Waals surface area contributed by atoms with Gasteiger partial charge < -0.3 is 10.6 Å². The average Bonchev–Trinajstić information content (AvgIpc) is 2.01. The molecule has 0 rings (SSSR count). The van der Waals surface area contributed by atoms with Gasteiger partial charge in [-0.3, -0.25) is 0 Å². The van der Waals surface area contributed by atoms with Crippen molar-refractivity contribution in [2.45, 2.75) is 25.9 Å². The Bertz CT molecular complexity index is 114. The quantitative estimate of drug-likeness (QED) is 0.606. The maximum Gasteiger partial charge on any atom is 0.390 e. The standard InChI is InChI=1S/C8H17F3N2/c1-2-12-5-3-6-13-7-4-8(9,10)11/h12-13H,2-7H2,1H3. The lowest BCUT2D eigenvalue weighted by Crippen LogP contribution is -2.25. The SMILES string of the molecule is CCNCCCNCCC(F)(F)F. The minimum atomic E-state index is -4.03. The van der Waals surface area contributed by atoms with E-state index in [9.17, 15) is 13.2 Å². The summed E-state index contributed by atoms with van der Waals surface area (Å²) in [5, 5.41) is 5.83. The van der Waals surface area contributed by atoms with Crippen molar-refractivity contribution in [1.29, 1.82) is 0 Å². The van der Waals surface area contributed by atoms with E-state index < -0.39 is 12.6 Å². The molecule has 0 fully saturated rings. The molecule has 0 saturated carbocycles. The summed E-state index contributed by atoms with van der Waals surface area (Å²) in [4.78, 5) is 0. The maximum atomic E-state index is 11.6. The molecule has 0 aromatic heterocycles. The molecule has 2 N–H and O–H groups in total. The van der Waals surface area contributed by atoms with Gasteiger partial charge in [0.1, 0.15) is 0 Å². The van der Waals surface area contributed by atoms with E-state index in [4.69, 9.17) is 0 Å². The van der Waals surface area contributed by atoms with Crippen LogP contribution in [0, 0.1) is 0 Å². The molecule has 0 aliphatic rings. The van der Waals surface area contributed by atoms with Crippen molar-refractivity contribution in [2.24, 2.45) is 0 Å². The van der Waals surface area contributed by atoms with Gasteiger partial charge in [0.25, 0.3) is 0 Å². The summed E-state index contributed by atoms with van der Waals surface area (Å²) in [6.07, 6.45) is -3.91. The van der Waals surface area contributed by atoms with Crippen LogP contribution in [0.2, 0.25) is 0 Å². The van der Waals surface area contributed by atoms with Crippen molar-refractivity contribution in [3.05, 3.63) is 0 Å². The Hall–Kier alpha value is -0.290. The summed E-state index contributed by atoms with van der Waals surface area (Å²) in [5.41, 5.74) is 0. The highest BCUT2D eigenvalue weighted by atomic mass is 19.4.